The smallest absolute Gasteiger partial charge is 0.116 e. The Kier molecular flexibility index (Phi) is 4.00. The first-order chi connectivity index (χ1) is 9.78. The van der Waals surface area contributed by atoms with Crippen molar-refractivity contribution in [2.75, 3.05) is 0 Å². The van der Waals surface area contributed by atoms with Crippen LogP contribution in [0.4, 0.5) is 0 Å². The second kappa shape index (κ2) is 5.91. The number of aliphatic hydroxyl groups is 1. The van der Waals surface area contributed by atoms with Crippen LogP contribution in [0.25, 0.3) is 10.9 Å². The molecule has 0 saturated heterocycles. The molecule has 3 rings (SSSR count). The van der Waals surface area contributed by atoms with Gasteiger partial charge in [-0.05, 0) is 52.0 Å². The van der Waals surface area contributed by atoms with Crippen LogP contribution in [0, 0.1) is 0 Å². The van der Waals surface area contributed by atoms with Crippen LogP contribution in [0.5, 0.6) is 0 Å². The van der Waals surface area contributed by atoms with E-state index in [0.717, 1.165) is 31.0 Å². The molecule has 0 atom stereocenters. The molecule has 0 saturated carbocycles. The molecule has 0 bridgehead atoms. The van der Waals surface area contributed by atoms with Crippen LogP contribution in [0.2, 0.25) is 0 Å². The zero-order valence-electron chi connectivity index (χ0n) is 10.5. The van der Waals surface area contributed by atoms with Crippen molar-refractivity contribution < 1.29 is 5.11 Å². The molecule has 0 aliphatic heterocycles. The first-order valence-corrected chi connectivity index (χ1v) is 7.67. The van der Waals surface area contributed by atoms with Crippen LogP contribution >= 0.6 is 27.7 Å². The standard InChI is InChI=1S/C15H11BrN2OS/c16-12-5-3-7-17-15(12)20-14-11(9-19)8-10-4-1-2-6-13(10)18-14/h1-8,19H,9H2. The molecule has 100 valence electrons. The number of halogens is 1. The van der Waals surface area contributed by atoms with Crippen molar-refractivity contribution in [3.63, 3.8) is 0 Å². The summed E-state index contributed by atoms with van der Waals surface area (Å²) in [4.78, 5) is 8.95. The summed E-state index contributed by atoms with van der Waals surface area (Å²) >= 11 is 4.93. The van der Waals surface area contributed by atoms with E-state index in [0.29, 0.717) is 0 Å². The van der Waals surface area contributed by atoms with Gasteiger partial charge in [-0.1, -0.05) is 18.2 Å². The maximum atomic E-state index is 9.54. The van der Waals surface area contributed by atoms with E-state index >= 15 is 0 Å². The first kappa shape index (κ1) is 13.5. The minimum atomic E-state index is -0.0371. The van der Waals surface area contributed by atoms with Crippen molar-refractivity contribution >= 4 is 38.6 Å². The number of hydrogen-bond donors (Lipinski definition) is 1. The van der Waals surface area contributed by atoms with Gasteiger partial charge in [0, 0.05) is 17.1 Å². The van der Waals surface area contributed by atoms with Gasteiger partial charge >= 0.3 is 0 Å². The van der Waals surface area contributed by atoms with Crippen molar-refractivity contribution in [3.8, 4) is 0 Å². The topological polar surface area (TPSA) is 46.0 Å². The Bertz CT molecular complexity index is 764. The highest BCUT2D eigenvalue weighted by molar-refractivity contribution is 9.10. The number of hydrogen-bond acceptors (Lipinski definition) is 4. The van der Waals surface area contributed by atoms with Crippen molar-refractivity contribution in [2.45, 2.75) is 16.7 Å². The van der Waals surface area contributed by atoms with Gasteiger partial charge in [0.15, 0.2) is 0 Å². The SMILES string of the molecule is OCc1cc2ccccc2nc1Sc1ncccc1Br. The molecule has 20 heavy (non-hydrogen) atoms. The number of aromatic nitrogens is 2. The number of para-hydroxylation sites is 1. The molecule has 0 aliphatic rings. The third-order valence-corrected chi connectivity index (χ3v) is 4.82. The molecule has 1 N–H and O–H groups in total. The largest absolute Gasteiger partial charge is 0.392 e. The summed E-state index contributed by atoms with van der Waals surface area (Å²) in [6, 6.07) is 13.7. The highest BCUT2D eigenvalue weighted by Crippen LogP contribution is 2.33. The molecule has 0 amide bonds. The van der Waals surface area contributed by atoms with E-state index in [1.54, 1.807) is 6.20 Å². The predicted molar refractivity (Wildman–Crippen MR) is 83.7 cm³/mol. The van der Waals surface area contributed by atoms with Gasteiger partial charge in [0.2, 0.25) is 0 Å². The Balaban J connectivity index is 2.08. The average molecular weight is 347 g/mol. The zero-order chi connectivity index (χ0) is 13.9. The molecule has 5 heteroatoms. The Labute approximate surface area is 129 Å². The van der Waals surface area contributed by atoms with Gasteiger partial charge in [0.1, 0.15) is 10.1 Å². The lowest BCUT2D eigenvalue weighted by molar-refractivity contribution is 0.278. The van der Waals surface area contributed by atoms with E-state index in [-0.39, 0.29) is 6.61 Å². The highest BCUT2D eigenvalue weighted by Gasteiger charge is 2.10. The lowest BCUT2D eigenvalue weighted by atomic mass is 10.2. The van der Waals surface area contributed by atoms with Crippen molar-refractivity contribution in [1.82, 2.24) is 9.97 Å². The van der Waals surface area contributed by atoms with E-state index in [4.69, 9.17) is 0 Å². The third-order valence-electron chi connectivity index (χ3n) is 2.85. The fourth-order valence-corrected chi connectivity index (χ4v) is 3.24. The van der Waals surface area contributed by atoms with Gasteiger partial charge < -0.3 is 5.11 Å². The molecule has 0 aliphatic carbocycles. The van der Waals surface area contributed by atoms with Crippen LogP contribution in [-0.2, 0) is 6.61 Å². The van der Waals surface area contributed by atoms with Gasteiger partial charge in [0.05, 0.1) is 16.6 Å². The number of benzene rings is 1. The number of nitrogens with zero attached hydrogens (tertiary/aromatic N) is 2. The lowest BCUT2D eigenvalue weighted by Gasteiger charge is -2.08. The van der Waals surface area contributed by atoms with E-state index in [1.165, 1.54) is 11.8 Å². The van der Waals surface area contributed by atoms with Crippen LogP contribution in [0.1, 0.15) is 5.56 Å². The van der Waals surface area contributed by atoms with Crippen LogP contribution in [-0.4, -0.2) is 15.1 Å². The molecule has 0 spiro atoms. The molecular formula is C15H11BrN2OS. The molecular weight excluding hydrogens is 336 g/mol. The normalized spacial score (nSPS) is 10.9. The van der Waals surface area contributed by atoms with E-state index < -0.39 is 0 Å². The Morgan fingerprint density at radius 2 is 1.95 bits per heavy atom. The number of rotatable bonds is 3. The minimum Gasteiger partial charge on any atom is -0.392 e. The molecule has 0 fully saturated rings. The van der Waals surface area contributed by atoms with E-state index in [2.05, 4.69) is 25.9 Å². The lowest BCUT2D eigenvalue weighted by Crippen LogP contribution is -1.93. The summed E-state index contributed by atoms with van der Waals surface area (Å²) in [5, 5.41) is 12.2. The molecule has 2 heterocycles. The van der Waals surface area contributed by atoms with E-state index in [1.807, 2.05) is 42.5 Å². The fourth-order valence-electron chi connectivity index (χ4n) is 1.88. The average Bonchev–Trinajstić information content (AvgIpc) is 2.49. The fraction of sp³-hybridized carbons (Fsp3) is 0.0667. The molecule has 3 aromatic rings. The summed E-state index contributed by atoms with van der Waals surface area (Å²) in [6.07, 6.45) is 1.74. The summed E-state index contributed by atoms with van der Waals surface area (Å²) in [7, 11) is 0. The van der Waals surface area contributed by atoms with Crippen LogP contribution in [0.15, 0.2) is 63.2 Å². The Morgan fingerprint density at radius 3 is 2.75 bits per heavy atom. The summed E-state index contributed by atoms with van der Waals surface area (Å²) in [5.74, 6) is 0. The van der Waals surface area contributed by atoms with E-state index in [9.17, 15) is 5.11 Å². The number of fused-ring (bicyclic) bond motifs is 1. The second-order valence-corrected chi connectivity index (χ2v) is 6.03. The molecule has 2 aromatic heterocycles. The van der Waals surface area contributed by atoms with Crippen LogP contribution in [0.3, 0.4) is 0 Å². The van der Waals surface area contributed by atoms with Gasteiger partial charge in [0.25, 0.3) is 0 Å². The van der Waals surface area contributed by atoms with Gasteiger partial charge in [-0.2, -0.15) is 0 Å². The summed E-state index contributed by atoms with van der Waals surface area (Å²) in [6.45, 7) is -0.0371. The zero-order valence-corrected chi connectivity index (χ0v) is 12.9. The minimum absolute atomic E-state index is 0.0371. The maximum Gasteiger partial charge on any atom is 0.116 e. The highest BCUT2D eigenvalue weighted by atomic mass is 79.9. The number of pyridine rings is 2. The molecule has 0 unspecified atom stereocenters. The van der Waals surface area contributed by atoms with Gasteiger partial charge in [-0.15, -0.1) is 0 Å². The Morgan fingerprint density at radius 1 is 1.10 bits per heavy atom. The molecule has 3 nitrogen and oxygen atoms in total. The molecule has 1 aromatic carbocycles. The summed E-state index contributed by atoms with van der Waals surface area (Å²) < 4.78 is 0.920. The summed E-state index contributed by atoms with van der Waals surface area (Å²) in [5.41, 5.74) is 1.73. The van der Waals surface area contributed by atoms with Gasteiger partial charge in [-0.3, -0.25) is 0 Å². The van der Waals surface area contributed by atoms with Crippen molar-refractivity contribution in [1.29, 1.82) is 0 Å². The monoisotopic (exact) mass is 346 g/mol. The quantitative estimate of drug-likeness (QED) is 0.777. The maximum absolute atomic E-state index is 9.54. The molecule has 0 radical (unpaired) electrons. The van der Waals surface area contributed by atoms with Gasteiger partial charge in [-0.25, -0.2) is 9.97 Å². The first-order valence-electron chi connectivity index (χ1n) is 6.06. The van der Waals surface area contributed by atoms with Crippen molar-refractivity contribution in [2.24, 2.45) is 0 Å². The van der Waals surface area contributed by atoms with Crippen LogP contribution < -0.4 is 0 Å². The van der Waals surface area contributed by atoms with Crippen molar-refractivity contribution in [3.05, 3.63) is 58.7 Å². The predicted octanol–water partition coefficient (Wildman–Crippen LogP) is 4.04. The number of aliphatic hydroxyl groups excluding tert-OH is 1. The Hall–Kier alpha value is -1.43. The second-order valence-electron chi connectivity index (χ2n) is 4.20. The third kappa shape index (κ3) is 2.70.